The molecule has 0 unspecified atom stereocenters. The minimum absolute atomic E-state index is 0.0288. The minimum Gasteiger partial charge on any atom is -0.282 e. The van der Waals surface area contributed by atoms with Gasteiger partial charge in [-0.15, -0.1) is 0 Å². The molecule has 1 N–H and O–H groups in total. The second-order valence-electron chi connectivity index (χ2n) is 2.68. The molecular weight excluding hydrogens is 430 g/mol. The zero-order chi connectivity index (χ0) is 10.8. The summed E-state index contributed by atoms with van der Waals surface area (Å²) in [4.78, 5) is 0.0288. The fourth-order valence-electron chi connectivity index (χ4n) is 1.03. The predicted octanol–water partition coefficient (Wildman–Crippen LogP) is 2.80. The van der Waals surface area contributed by atoms with Gasteiger partial charge in [0.05, 0.1) is 4.90 Å². The van der Waals surface area contributed by atoms with Crippen LogP contribution in [0.15, 0.2) is 23.1 Å². The Morgan fingerprint density at radius 1 is 1.21 bits per heavy atom. The summed E-state index contributed by atoms with van der Waals surface area (Å²) in [6.07, 6.45) is 0. The monoisotopic (exact) mass is 438 g/mol. The van der Waals surface area contributed by atoms with Crippen LogP contribution in [0, 0.1) is 0 Å². The Labute approximate surface area is 110 Å². The molecular formula is C8H8I2O3S. The molecule has 0 amide bonds. The number of halogens is 2. The van der Waals surface area contributed by atoms with Gasteiger partial charge < -0.3 is 0 Å². The quantitative estimate of drug-likeness (QED) is 0.449. The second-order valence-corrected chi connectivity index (χ2v) is 5.60. The average Bonchev–Trinajstić information content (AvgIpc) is 2.15. The first kappa shape index (κ1) is 12.7. The van der Waals surface area contributed by atoms with Gasteiger partial charge in [-0.2, -0.15) is 8.42 Å². The maximum Gasteiger partial charge on any atom is 0.294 e. The number of rotatable bonds is 3. The summed E-state index contributed by atoms with van der Waals surface area (Å²) < 4.78 is 32.3. The standard InChI is InChI=1S/C8H8I2O3S/c9-4-6-1-2-7(5-10)8(3-6)14(11,12)13/h1-3H,4-5H2,(H,11,12,13). The third-order valence-electron chi connectivity index (χ3n) is 1.71. The lowest BCUT2D eigenvalue weighted by Crippen LogP contribution is -2.02. The lowest BCUT2D eigenvalue weighted by Gasteiger charge is -2.05. The summed E-state index contributed by atoms with van der Waals surface area (Å²) >= 11 is 4.21. The van der Waals surface area contributed by atoms with E-state index >= 15 is 0 Å². The molecule has 1 aromatic carbocycles. The Kier molecular flexibility index (Phi) is 4.59. The van der Waals surface area contributed by atoms with Crippen molar-refractivity contribution in [2.24, 2.45) is 0 Å². The Hall–Kier alpha value is 0.590. The molecule has 14 heavy (non-hydrogen) atoms. The minimum atomic E-state index is -4.09. The fourth-order valence-corrected chi connectivity index (χ4v) is 3.20. The lowest BCUT2D eigenvalue weighted by molar-refractivity contribution is 0.482. The number of hydrogen-bond acceptors (Lipinski definition) is 2. The van der Waals surface area contributed by atoms with Gasteiger partial charge in [0.15, 0.2) is 0 Å². The van der Waals surface area contributed by atoms with E-state index < -0.39 is 10.1 Å². The molecule has 0 fully saturated rings. The molecule has 1 rings (SSSR count). The zero-order valence-corrected chi connectivity index (χ0v) is 12.2. The van der Waals surface area contributed by atoms with E-state index in [1.54, 1.807) is 6.07 Å². The van der Waals surface area contributed by atoms with E-state index in [4.69, 9.17) is 4.55 Å². The van der Waals surface area contributed by atoms with Crippen molar-refractivity contribution >= 4 is 55.3 Å². The van der Waals surface area contributed by atoms with Crippen LogP contribution in [0.25, 0.3) is 0 Å². The predicted molar refractivity (Wildman–Crippen MR) is 71.7 cm³/mol. The van der Waals surface area contributed by atoms with Crippen LogP contribution in [0.4, 0.5) is 0 Å². The van der Waals surface area contributed by atoms with Crippen LogP contribution in [-0.4, -0.2) is 13.0 Å². The molecule has 0 saturated heterocycles. The topological polar surface area (TPSA) is 54.4 Å². The largest absolute Gasteiger partial charge is 0.294 e. The molecule has 0 heterocycles. The van der Waals surface area contributed by atoms with Gasteiger partial charge in [-0.05, 0) is 17.2 Å². The third kappa shape index (κ3) is 3.04. The van der Waals surface area contributed by atoms with Crippen molar-refractivity contribution in [3.8, 4) is 0 Å². The summed E-state index contributed by atoms with van der Waals surface area (Å²) in [5, 5.41) is 0. The first-order valence-corrected chi connectivity index (χ1v) is 8.19. The summed E-state index contributed by atoms with van der Waals surface area (Å²) in [6.45, 7) is 0. The third-order valence-corrected chi connectivity index (χ3v) is 4.35. The van der Waals surface area contributed by atoms with E-state index in [9.17, 15) is 8.42 Å². The van der Waals surface area contributed by atoms with Crippen molar-refractivity contribution in [2.75, 3.05) is 0 Å². The fraction of sp³-hybridized carbons (Fsp3) is 0.250. The smallest absolute Gasteiger partial charge is 0.282 e. The van der Waals surface area contributed by atoms with Crippen LogP contribution in [0.5, 0.6) is 0 Å². The molecule has 78 valence electrons. The van der Waals surface area contributed by atoms with Gasteiger partial charge in [0.1, 0.15) is 0 Å². The summed E-state index contributed by atoms with van der Waals surface area (Å²) in [6, 6.07) is 5.13. The van der Waals surface area contributed by atoms with Crippen LogP contribution in [0.3, 0.4) is 0 Å². The molecule has 0 atom stereocenters. The molecule has 0 aliphatic rings. The summed E-state index contributed by atoms with van der Waals surface area (Å²) in [5.41, 5.74) is 1.54. The van der Waals surface area contributed by atoms with E-state index in [-0.39, 0.29) is 4.90 Å². The Morgan fingerprint density at radius 2 is 1.86 bits per heavy atom. The lowest BCUT2D eigenvalue weighted by atomic mass is 10.2. The highest BCUT2D eigenvalue weighted by molar-refractivity contribution is 14.1. The summed E-state index contributed by atoms with van der Waals surface area (Å²) in [7, 11) is -4.09. The van der Waals surface area contributed by atoms with Crippen LogP contribution in [0.1, 0.15) is 11.1 Å². The van der Waals surface area contributed by atoms with E-state index in [0.717, 1.165) is 9.99 Å². The molecule has 0 aliphatic carbocycles. The highest BCUT2D eigenvalue weighted by Gasteiger charge is 2.14. The van der Waals surface area contributed by atoms with Gasteiger partial charge in [-0.3, -0.25) is 4.55 Å². The first-order chi connectivity index (χ1) is 6.49. The van der Waals surface area contributed by atoms with Crippen LogP contribution in [-0.2, 0) is 19.0 Å². The Balaban J connectivity index is 3.37. The van der Waals surface area contributed by atoms with Crippen molar-refractivity contribution in [2.45, 2.75) is 13.8 Å². The highest BCUT2D eigenvalue weighted by Crippen LogP contribution is 2.21. The van der Waals surface area contributed by atoms with Gasteiger partial charge >= 0.3 is 0 Å². The van der Waals surface area contributed by atoms with Crippen molar-refractivity contribution in [3.63, 3.8) is 0 Å². The van der Waals surface area contributed by atoms with Crippen LogP contribution in [0.2, 0.25) is 0 Å². The van der Waals surface area contributed by atoms with Gasteiger partial charge in [0, 0.05) is 8.86 Å². The van der Waals surface area contributed by atoms with Gasteiger partial charge in [-0.1, -0.05) is 57.3 Å². The molecule has 0 aromatic heterocycles. The zero-order valence-electron chi connectivity index (χ0n) is 7.07. The Bertz CT molecular complexity index is 428. The normalized spacial score (nSPS) is 11.6. The summed E-state index contributed by atoms with van der Waals surface area (Å²) in [5.74, 6) is 0. The van der Waals surface area contributed by atoms with Gasteiger partial charge in [-0.25, -0.2) is 0 Å². The van der Waals surface area contributed by atoms with E-state index in [1.165, 1.54) is 6.07 Å². The van der Waals surface area contributed by atoms with Gasteiger partial charge in [0.2, 0.25) is 0 Å². The van der Waals surface area contributed by atoms with Crippen molar-refractivity contribution in [1.82, 2.24) is 0 Å². The van der Waals surface area contributed by atoms with Gasteiger partial charge in [0.25, 0.3) is 10.1 Å². The maximum absolute atomic E-state index is 11.0. The molecule has 0 radical (unpaired) electrons. The highest BCUT2D eigenvalue weighted by atomic mass is 127. The number of alkyl halides is 2. The van der Waals surface area contributed by atoms with E-state index in [1.807, 2.05) is 6.07 Å². The molecule has 0 spiro atoms. The second kappa shape index (κ2) is 5.08. The first-order valence-electron chi connectivity index (χ1n) is 3.70. The molecule has 0 saturated carbocycles. The SMILES string of the molecule is O=S(=O)(O)c1cc(CI)ccc1CI. The number of benzene rings is 1. The average molecular weight is 438 g/mol. The molecule has 6 heteroatoms. The Morgan fingerprint density at radius 3 is 2.29 bits per heavy atom. The van der Waals surface area contributed by atoms with E-state index in [0.29, 0.717) is 9.99 Å². The van der Waals surface area contributed by atoms with Crippen molar-refractivity contribution < 1.29 is 13.0 Å². The number of hydrogen-bond donors (Lipinski definition) is 1. The van der Waals surface area contributed by atoms with E-state index in [2.05, 4.69) is 45.2 Å². The molecule has 0 aliphatic heterocycles. The van der Waals surface area contributed by atoms with Crippen LogP contribution < -0.4 is 0 Å². The molecule has 1 aromatic rings. The van der Waals surface area contributed by atoms with Crippen molar-refractivity contribution in [1.29, 1.82) is 0 Å². The molecule has 3 nitrogen and oxygen atoms in total. The van der Waals surface area contributed by atoms with Crippen LogP contribution >= 0.6 is 45.2 Å². The maximum atomic E-state index is 11.0. The molecule has 0 bridgehead atoms. The van der Waals surface area contributed by atoms with Crippen molar-refractivity contribution in [3.05, 3.63) is 29.3 Å².